The molecule has 5 heteroatoms. The van der Waals surface area contributed by atoms with Crippen molar-refractivity contribution < 1.29 is 4.74 Å². The lowest BCUT2D eigenvalue weighted by molar-refractivity contribution is 0.309. The normalized spacial score (nSPS) is 10.8. The Morgan fingerprint density at radius 1 is 0.966 bits per heavy atom. The molecule has 146 valence electrons. The summed E-state index contributed by atoms with van der Waals surface area (Å²) in [6, 6.07) is 18.1. The average molecular weight is 384 g/mol. The van der Waals surface area contributed by atoms with E-state index in [4.69, 9.17) is 4.74 Å². The van der Waals surface area contributed by atoms with E-state index in [2.05, 4.69) is 33.2 Å². The number of hydrogen-bond acceptors (Lipinski definition) is 4. The molecule has 0 aliphatic carbocycles. The van der Waals surface area contributed by atoms with Crippen LogP contribution in [0, 0.1) is 6.92 Å². The molecule has 3 heterocycles. The molecular weight excluding hydrogens is 360 g/mol. The minimum Gasteiger partial charge on any atom is -0.494 e. The summed E-state index contributed by atoms with van der Waals surface area (Å²) in [5.74, 6) is 0.890. The monoisotopic (exact) mass is 384 g/mol. The quantitative estimate of drug-likeness (QED) is 0.416. The van der Waals surface area contributed by atoms with Crippen LogP contribution in [0.1, 0.15) is 25.5 Å². The fourth-order valence-electron chi connectivity index (χ4n) is 3.19. The van der Waals surface area contributed by atoms with Gasteiger partial charge in [-0.2, -0.15) is 5.10 Å². The maximum atomic E-state index is 5.75. The molecule has 29 heavy (non-hydrogen) atoms. The smallest absolute Gasteiger partial charge is 0.119 e. The molecule has 0 spiro atoms. The van der Waals surface area contributed by atoms with Gasteiger partial charge in [-0.05, 0) is 67.4 Å². The Labute approximate surface area is 170 Å². The predicted octanol–water partition coefficient (Wildman–Crippen LogP) is 5.69. The number of aryl methyl sites for hydroxylation is 1. The van der Waals surface area contributed by atoms with Crippen LogP contribution in [0.2, 0.25) is 0 Å². The van der Waals surface area contributed by atoms with Gasteiger partial charge in [0, 0.05) is 23.0 Å². The second-order valence-corrected chi connectivity index (χ2v) is 6.98. The molecule has 1 aromatic carbocycles. The molecule has 5 nitrogen and oxygen atoms in total. The Kier molecular flexibility index (Phi) is 5.66. The van der Waals surface area contributed by atoms with Gasteiger partial charge >= 0.3 is 0 Å². The molecule has 1 N–H and O–H groups in total. The summed E-state index contributed by atoms with van der Waals surface area (Å²) >= 11 is 0. The highest BCUT2D eigenvalue weighted by Gasteiger charge is 2.12. The molecule has 0 aliphatic heterocycles. The second kappa shape index (κ2) is 8.69. The van der Waals surface area contributed by atoms with Crippen LogP contribution in [0.4, 0.5) is 0 Å². The maximum Gasteiger partial charge on any atom is 0.119 e. The molecule has 0 radical (unpaired) electrons. The van der Waals surface area contributed by atoms with E-state index in [1.807, 2.05) is 67.8 Å². The number of ether oxygens (including phenoxy) is 1. The van der Waals surface area contributed by atoms with Crippen LogP contribution >= 0.6 is 0 Å². The Balaban J connectivity index is 1.61. The van der Waals surface area contributed by atoms with Crippen molar-refractivity contribution in [2.75, 3.05) is 6.61 Å². The Hall–Kier alpha value is -3.47. The van der Waals surface area contributed by atoms with Gasteiger partial charge in [-0.25, -0.2) is 0 Å². The predicted molar refractivity (Wildman–Crippen MR) is 116 cm³/mol. The zero-order valence-electron chi connectivity index (χ0n) is 16.7. The molecule has 0 fully saturated rings. The van der Waals surface area contributed by atoms with Gasteiger partial charge in [-0.1, -0.05) is 19.4 Å². The van der Waals surface area contributed by atoms with Gasteiger partial charge in [0.05, 0.1) is 29.9 Å². The zero-order chi connectivity index (χ0) is 20.1. The van der Waals surface area contributed by atoms with Crippen LogP contribution in [0.15, 0.2) is 67.0 Å². The van der Waals surface area contributed by atoms with Crippen LogP contribution in [0.5, 0.6) is 5.75 Å². The number of unbranched alkanes of at least 4 members (excludes halogenated alkanes) is 1. The molecule has 0 aliphatic rings. The average Bonchev–Trinajstić information content (AvgIpc) is 3.25. The Morgan fingerprint density at radius 3 is 2.62 bits per heavy atom. The van der Waals surface area contributed by atoms with Crippen molar-refractivity contribution in [2.45, 2.75) is 26.7 Å². The fraction of sp³-hybridized carbons (Fsp3) is 0.208. The lowest BCUT2D eigenvalue weighted by atomic mass is 10.0. The van der Waals surface area contributed by atoms with Crippen molar-refractivity contribution in [2.24, 2.45) is 0 Å². The SMILES string of the molecule is CCCCOc1ccc(-c2cc(-c3cn[nH]c3-c3cccc(C)n3)ccn2)cc1. The van der Waals surface area contributed by atoms with Crippen LogP contribution < -0.4 is 4.74 Å². The van der Waals surface area contributed by atoms with Gasteiger partial charge in [0.15, 0.2) is 0 Å². The molecule has 0 unspecified atom stereocenters. The Morgan fingerprint density at radius 2 is 1.83 bits per heavy atom. The van der Waals surface area contributed by atoms with E-state index >= 15 is 0 Å². The van der Waals surface area contributed by atoms with E-state index in [0.717, 1.165) is 64.7 Å². The number of hydrogen-bond donors (Lipinski definition) is 1. The number of aromatic nitrogens is 4. The molecular formula is C24H24N4O. The minimum atomic E-state index is 0.750. The van der Waals surface area contributed by atoms with E-state index in [-0.39, 0.29) is 0 Å². The lowest BCUT2D eigenvalue weighted by Crippen LogP contribution is -1.96. The van der Waals surface area contributed by atoms with Gasteiger partial charge in [0.2, 0.25) is 0 Å². The van der Waals surface area contributed by atoms with Crippen molar-refractivity contribution in [3.05, 3.63) is 72.7 Å². The number of aromatic amines is 1. The van der Waals surface area contributed by atoms with E-state index < -0.39 is 0 Å². The van der Waals surface area contributed by atoms with Crippen LogP contribution in [-0.2, 0) is 0 Å². The van der Waals surface area contributed by atoms with E-state index in [9.17, 15) is 0 Å². The van der Waals surface area contributed by atoms with Gasteiger partial charge < -0.3 is 4.74 Å². The first-order chi connectivity index (χ1) is 14.2. The maximum absolute atomic E-state index is 5.75. The summed E-state index contributed by atoms with van der Waals surface area (Å²) in [4.78, 5) is 9.18. The van der Waals surface area contributed by atoms with Crippen molar-refractivity contribution in [1.29, 1.82) is 0 Å². The second-order valence-electron chi connectivity index (χ2n) is 6.98. The van der Waals surface area contributed by atoms with Gasteiger partial charge in [0.1, 0.15) is 5.75 Å². The van der Waals surface area contributed by atoms with Crippen LogP contribution in [-0.4, -0.2) is 26.8 Å². The van der Waals surface area contributed by atoms with Crippen LogP contribution in [0.3, 0.4) is 0 Å². The van der Waals surface area contributed by atoms with Gasteiger partial charge in [0.25, 0.3) is 0 Å². The first-order valence-electron chi connectivity index (χ1n) is 9.91. The Bertz CT molecular complexity index is 1090. The molecule has 0 saturated heterocycles. The van der Waals surface area contributed by atoms with Crippen LogP contribution in [0.25, 0.3) is 33.8 Å². The van der Waals surface area contributed by atoms with Crippen molar-refractivity contribution in [3.63, 3.8) is 0 Å². The molecule has 4 aromatic rings. The number of nitrogens with one attached hydrogen (secondary N) is 1. The summed E-state index contributed by atoms with van der Waals surface area (Å²) in [6.07, 6.45) is 5.86. The minimum absolute atomic E-state index is 0.750. The molecule has 0 saturated carbocycles. The number of H-pyrrole nitrogens is 1. The molecule has 0 bridgehead atoms. The number of benzene rings is 1. The largest absolute Gasteiger partial charge is 0.494 e. The van der Waals surface area contributed by atoms with E-state index in [0.29, 0.717) is 0 Å². The van der Waals surface area contributed by atoms with Gasteiger partial charge in [-0.15, -0.1) is 0 Å². The summed E-state index contributed by atoms with van der Waals surface area (Å²) in [5.41, 5.74) is 6.77. The van der Waals surface area contributed by atoms with Crippen molar-refractivity contribution >= 4 is 0 Å². The standard InChI is InChI=1S/C24H24N4O/c1-3-4-14-29-20-10-8-18(9-11-20)23-15-19(12-13-25-23)21-16-26-28-24(21)22-7-5-6-17(2)27-22/h5-13,15-16H,3-4,14H2,1-2H3,(H,26,28). The number of nitrogens with zero attached hydrogens (tertiary/aromatic N) is 3. The number of rotatable bonds is 7. The highest BCUT2D eigenvalue weighted by molar-refractivity contribution is 5.80. The third-order valence-electron chi connectivity index (χ3n) is 4.77. The molecule has 0 atom stereocenters. The lowest BCUT2D eigenvalue weighted by Gasteiger charge is -2.08. The molecule has 4 rings (SSSR count). The zero-order valence-corrected chi connectivity index (χ0v) is 16.7. The fourth-order valence-corrected chi connectivity index (χ4v) is 3.19. The summed E-state index contributed by atoms with van der Waals surface area (Å²) < 4.78 is 5.75. The van der Waals surface area contributed by atoms with Gasteiger partial charge in [-0.3, -0.25) is 15.1 Å². The summed E-state index contributed by atoms with van der Waals surface area (Å²) in [6.45, 7) is 4.89. The first-order valence-corrected chi connectivity index (χ1v) is 9.91. The van der Waals surface area contributed by atoms with E-state index in [1.165, 1.54) is 0 Å². The molecule has 3 aromatic heterocycles. The highest BCUT2D eigenvalue weighted by Crippen LogP contribution is 2.31. The topological polar surface area (TPSA) is 63.7 Å². The van der Waals surface area contributed by atoms with E-state index in [1.54, 1.807) is 0 Å². The third-order valence-corrected chi connectivity index (χ3v) is 4.77. The third kappa shape index (κ3) is 4.35. The highest BCUT2D eigenvalue weighted by atomic mass is 16.5. The summed E-state index contributed by atoms with van der Waals surface area (Å²) in [7, 11) is 0. The van der Waals surface area contributed by atoms with Crippen molar-refractivity contribution in [1.82, 2.24) is 20.2 Å². The number of pyridine rings is 2. The summed E-state index contributed by atoms with van der Waals surface area (Å²) in [5, 5.41) is 7.34. The molecule has 0 amide bonds. The van der Waals surface area contributed by atoms with Crippen molar-refractivity contribution in [3.8, 4) is 39.5 Å². The first kappa shape index (κ1) is 18.9.